The molecule has 0 heterocycles. The van der Waals surface area contributed by atoms with Gasteiger partial charge >= 0.3 is 5.97 Å². The summed E-state index contributed by atoms with van der Waals surface area (Å²) >= 11 is 5.32. The molecule has 0 aliphatic rings. The van der Waals surface area contributed by atoms with Crippen molar-refractivity contribution in [1.29, 1.82) is 0 Å². The van der Waals surface area contributed by atoms with Crippen LogP contribution in [-0.4, -0.2) is 12.6 Å². The van der Waals surface area contributed by atoms with Crippen LogP contribution >= 0.6 is 11.6 Å². The van der Waals surface area contributed by atoms with Crippen LogP contribution in [0, 0.1) is 0 Å². The Balaban J connectivity index is 3.12. The highest BCUT2D eigenvalue weighted by atomic mass is 35.5. The normalized spacial score (nSPS) is 11.0. The fourth-order valence-corrected chi connectivity index (χ4v) is 1.90. The third-order valence-electron chi connectivity index (χ3n) is 2.91. The predicted molar refractivity (Wildman–Crippen MR) is 77.8 cm³/mol. The summed E-state index contributed by atoms with van der Waals surface area (Å²) in [4.78, 5) is 11.2. The predicted octanol–water partition coefficient (Wildman–Crippen LogP) is 5.20. The van der Waals surface area contributed by atoms with Crippen molar-refractivity contribution >= 4 is 17.6 Å². The fraction of sp³-hybridized carbons (Fsp3) is 0.800. The van der Waals surface area contributed by atoms with E-state index in [0.29, 0.717) is 13.0 Å². The van der Waals surface area contributed by atoms with Gasteiger partial charge in [-0.3, -0.25) is 4.79 Å². The summed E-state index contributed by atoms with van der Waals surface area (Å²) in [5.74, 6) is -0.118. The Morgan fingerprint density at radius 1 is 1.00 bits per heavy atom. The molecule has 0 rings (SSSR count). The van der Waals surface area contributed by atoms with Gasteiger partial charge in [0.25, 0.3) is 0 Å². The average Bonchev–Trinajstić information content (AvgIpc) is 2.37. The van der Waals surface area contributed by atoms with Gasteiger partial charge in [0.2, 0.25) is 0 Å². The minimum Gasteiger partial charge on any atom is -0.461 e. The van der Waals surface area contributed by atoms with Crippen molar-refractivity contribution in [2.75, 3.05) is 6.61 Å². The Morgan fingerprint density at radius 3 is 2.11 bits per heavy atom. The zero-order valence-corrected chi connectivity index (χ0v) is 12.4. The van der Waals surface area contributed by atoms with Crippen molar-refractivity contribution < 1.29 is 9.53 Å². The summed E-state index contributed by atoms with van der Waals surface area (Å²) in [7, 11) is 0. The molecule has 0 N–H and O–H groups in total. The molecule has 0 aromatic rings. The number of rotatable bonds is 12. The summed E-state index contributed by atoms with van der Waals surface area (Å²) in [5.41, 5.74) is 1.37. The molecule has 0 radical (unpaired) electrons. The Labute approximate surface area is 117 Å². The smallest absolute Gasteiger partial charge is 0.306 e. The third kappa shape index (κ3) is 13.6. The second kappa shape index (κ2) is 14.6. The van der Waals surface area contributed by atoms with E-state index >= 15 is 0 Å². The highest BCUT2D eigenvalue weighted by molar-refractivity contribution is 6.25. The number of unbranched alkanes of at least 4 members (excludes halogenated alkanes) is 8. The van der Waals surface area contributed by atoms with Gasteiger partial charge in [-0.15, -0.1) is 0 Å². The van der Waals surface area contributed by atoms with Gasteiger partial charge in [0.15, 0.2) is 0 Å². The van der Waals surface area contributed by atoms with Crippen LogP contribution in [-0.2, 0) is 9.53 Å². The monoisotopic (exact) mass is 274 g/mol. The van der Waals surface area contributed by atoms with Crippen molar-refractivity contribution in [3.8, 4) is 0 Å². The first-order chi connectivity index (χ1) is 8.81. The number of carbonyl (C=O) groups is 1. The van der Waals surface area contributed by atoms with Gasteiger partial charge < -0.3 is 4.74 Å². The molecule has 0 aromatic carbocycles. The molecule has 0 aliphatic carbocycles. The molecule has 0 fully saturated rings. The van der Waals surface area contributed by atoms with E-state index in [1.807, 2.05) is 0 Å². The highest BCUT2D eigenvalue weighted by Crippen LogP contribution is 2.10. The van der Waals surface area contributed by atoms with Crippen LogP contribution in [0.4, 0.5) is 0 Å². The first-order valence-corrected chi connectivity index (χ1v) is 7.65. The maximum Gasteiger partial charge on any atom is 0.306 e. The summed E-state index contributed by atoms with van der Waals surface area (Å²) in [6, 6.07) is 0. The second-order valence-electron chi connectivity index (χ2n) is 4.62. The van der Waals surface area contributed by atoms with Crippen molar-refractivity contribution in [1.82, 2.24) is 0 Å². The van der Waals surface area contributed by atoms with Crippen molar-refractivity contribution in [3.05, 3.63) is 11.6 Å². The molecular weight excluding hydrogens is 248 g/mol. The molecule has 0 amide bonds. The zero-order valence-electron chi connectivity index (χ0n) is 11.6. The molecule has 2 nitrogen and oxygen atoms in total. The number of ether oxygens (including phenoxy) is 1. The maximum atomic E-state index is 11.2. The Morgan fingerprint density at radius 2 is 1.56 bits per heavy atom. The van der Waals surface area contributed by atoms with Gasteiger partial charge in [0.05, 0.1) is 0 Å². The summed E-state index contributed by atoms with van der Waals surface area (Å²) < 4.78 is 4.94. The molecule has 106 valence electrons. The van der Waals surface area contributed by atoms with E-state index in [9.17, 15) is 4.79 Å². The summed E-state index contributed by atoms with van der Waals surface area (Å²) in [6.07, 6.45) is 13.5. The minimum atomic E-state index is -0.118. The quantitative estimate of drug-likeness (QED) is 0.361. The van der Waals surface area contributed by atoms with Gasteiger partial charge in [-0.1, -0.05) is 69.9 Å². The molecule has 18 heavy (non-hydrogen) atoms. The number of carbonyl (C=O) groups excluding carboxylic acids is 1. The fourth-order valence-electron chi connectivity index (χ4n) is 1.83. The lowest BCUT2D eigenvalue weighted by Gasteiger charge is -2.02. The molecule has 3 heteroatoms. The van der Waals surface area contributed by atoms with Crippen molar-refractivity contribution in [2.24, 2.45) is 0 Å². The van der Waals surface area contributed by atoms with Crippen LogP contribution in [0.1, 0.15) is 71.1 Å². The standard InChI is InChI=1S/C15H27ClO2/c1-2-3-4-5-6-7-8-9-10-12-15(17)18-14-11-13-16/h11,13H,2-10,12,14H2,1H3. The molecule has 0 unspecified atom stereocenters. The number of halogens is 1. The minimum absolute atomic E-state index is 0.118. The summed E-state index contributed by atoms with van der Waals surface area (Å²) in [5, 5.41) is 0. The third-order valence-corrected chi connectivity index (χ3v) is 3.09. The van der Waals surface area contributed by atoms with Crippen LogP contribution in [0.5, 0.6) is 0 Å². The maximum absolute atomic E-state index is 11.2. The van der Waals surface area contributed by atoms with E-state index in [1.165, 1.54) is 50.5 Å². The Hall–Kier alpha value is -0.500. The number of esters is 1. The van der Waals surface area contributed by atoms with Gasteiger partial charge in [0, 0.05) is 12.0 Å². The lowest BCUT2D eigenvalue weighted by molar-refractivity contribution is -0.142. The molecule has 0 saturated heterocycles. The number of hydrogen-bond donors (Lipinski definition) is 0. The Kier molecular flexibility index (Phi) is 14.2. The first kappa shape index (κ1) is 17.5. The molecule has 0 aliphatic heterocycles. The van der Waals surface area contributed by atoms with Gasteiger partial charge in [-0.05, 0) is 12.5 Å². The largest absolute Gasteiger partial charge is 0.461 e. The van der Waals surface area contributed by atoms with E-state index < -0.39 is 0 Å². The molecule has 0 saturated carbocycles. The SMILES string of the molecule is CCCCCCCCCCCC(=O)OCC=CCl. The van der Waals surface area contributed by atoms with Crippen LogP contribution in [0.25, 0.3) is 0 Å². The van der Waals surface area contributed by atoms with E-state index in [-0.39, 0.29) is 5.97 Å². The average molecular weight is 275 g/mol. The van der Waals surface area contributed by atoms with E-state index in [0.717, 1.165) is 12.8 Å². The molecule has 0 atom stereocenters. The second-order valence-corrected chi connectivity index (χ2v) is 4.88. The van der Waals surface area contributed by atoms with Crippen LogP contribution < -0.4 is 0 Å². The molecular formula is C15H27ClO2. The van der Waals surface area contributed by atoms with E-state index in [2.05, 4.69) is 6.92 Å². The number of hydrogen-bond acceptors (Lipinski definition) is 2. The van der Waals surface area contributed by atoms with E-state index in [4.69, 9.17) is 16.3 Å². The zero-order chi connectivity index (χ0) is 13.5. The van der Waals surface area contributed by atoms with Crippen molar-refractivity contribution in [3.63, 3.8) is 0 Å². The molecule has 0 spiro atoms. The van der Waals surface area contributed by atoms with E-state index in [1.54, 1.807) is 6.08 Å². The van der Waals surface area contributed by atoms with Crippen LogP contribution in [0.3, 0.4) is 0 Å². The molecule has 0 bridgehead atoms. The van der Waals surface area contributed by atoms with Crippen LogP contribution in [0.2, 0.25) is 0 Å². The lowest BCUT2D eigenvalue weighted by atomic mass is 10.1. The summed E-state index contributed by atoms with van der Waals surface area (Å²) in [6.45, 7) is 2.53. The first-order valence-electron chi connectivity index (χ1n) is 7.22. The Bertz CT molecular complexity index is 215. The van der Waals surface area contributed by atoms with Gasteiger partial charge in [-0.25, -0.2) is 0 Å². The van der Waals surface area contributed by atoms with Crippen LogP contribution in [0.15, 0.2) is 11.6 Å². The van der Waals surface area contributed by atoms with Crippen molar-refractivity contribution in [2.45, 2.75) is 71.1 Å². The topological polar surface area (TPSA) is 26.3 Å². The van der Waals surface area contributed by atoms with Gasteiger partial charge in [0.1, 0.15) is 6.61 Å². The lowest BCUT2D eigenvalue weighted by Crippen LogP contribution is -2.03. The highest BCUT2D eigenvalue weighted by Gasteiger charge is 2.00. The van der Waals surface area contributed by atoms with Gasteiger partial charge in [-0.2, -0.15) is 0 Å². The molecule has 0 aromatic heterocycles.